The molecule has 154 valence electrons. The highest BCUT2D eigenvalue weighted by molar-refractivity contribution is 5.93. The molecule has 2 aromatic rings. The van der Waals surface area contributed by atoms with Crippen molar-refractivity contribution in [1.29, 1.82) is 0 Å². The summed E-state index contributed by atoms with van der Waals surface area (Å²) in [5.41, 5.74) is 2.25. The van der Waals surface area contributed by atoms with Gasteiger partial charge in [-0.1, -0.05) is 0 Å². The smallest absolute Gasteiger partial charge is 0.326 e. The molecule has 1 atom stereocenters. The number of carbonyl (C=O) groups is 2. The maximum Gasteiger partial charge on any atom is 0.326 e. The number of rotatable bonds is 6. The summed E-state index contributed by atoms with van der Waals surface area (Å²) >= 11 is 0. The lowest BCUT2D eigenvalue weighted by Crippen LogP contribution is -2.41. The summed E-state index contributed by atoms with van der Waals surface area (Å²) in [6.07, 6.45) is 6.81. The van der Waals surface area contributed by atoms with E-state index in [9.17, 15) is 14.4 Å². The van der Waals surface area contributed by atoms with Crippen LogP contribution in [0.25, 0.3) is 0 Å². The zero-order valence-corrected chi connectivity index (χ0v) is 16.8. The van der Waals surface area contributed by atoms with Crippen LogP contribution in [0.2, 0.25) is 0 Å². The van der Waals surface area contributed by atoms with E-state index in [2.05, 4.69) is 21.3 Å². The molecular formula is C21H26N4O4. The normalized spacial score (nSPS) is 16.3. The van der Waals surface area contributed by atoms with Crippen molar-refractivity contribution in [2.75, 3.05) is 29.9 Å². The first-order chi connectivity index (χ1) is 14.0. The predicted octanol–water partition coefficient (Wildman–Crippen LogP) is 1.97. The van der Waals surface area contributed by atoms with Crippen LogP contribution in [0.15, 0.2) is 41.6 Å². The molecule has 29 heavy (non-hydrogen) atoms. The minimum Gasteiger partial charge on any atom is -0.465 e. The quantitative estimate of drug-likeness (QED) is 0.748. The molecule has 0 aliphatic carbocycles. The Kier molecular flexibility index (Phi) is 6.64. The molecular weight excluding hydrogens is 372 g/mol. The van der Waals surface area contributed by atoms with E-state index in [0.717, 1.165) is 30.6 Å². The van der Waals surface area contributed by atoms with E-state index >= 15 is 0 Å². The van der Waals surface area contributed by atoms with Crippen LogP contribution in [-0.2, 0) is 20.9 Å². The number of pyridine rings is 2. The molecule has 0 spiro atoms. The third-order valence-corrected chi connectivity index (χ3v) is 4.87. The molecule has 0 aromatic carbocycles. The first kappa shape index (κ1) is 20.6. The van der Waals surface area contributed by atoms with Gasteiger partial charge in [0.25, 0.3) is 5.56 Å². The molecule has 0 radical (unpaired) electrons. The van der Waals surface area contributed by atoms with Gasteiger partial charge < -0.3 is 19.5 Å². The number of aromatic nitrogens is 2. The predicted molar refractivity (Wildman–Crippen MR) is 110 cm³/mol. The summed E-state index contributed by atoms with van der Waals surface area (Å²) in [5.74, 6) is -0.765. The fourth-order valence-electron chi connectivity index (χ4n) is 3.46. The van der Waals surface area contributed by atoms with Crippen LogP contribution < -0.4 is 15.8 Å². The van der Waals surface area contributed by atoms with E-state index in [1.165, 1.54) is 16.8 Å². The highest BCUT2D eigenvalue weighted by atomic mass is 16.5. The summed E-state index contributed by atoms with van der Waals surface area (Å²) in [7, 11) is 0. The van der Waals surface area contributed by atoms with Gasteiger partial charge in [0.05, 0.1) is 30.1 Å². The zero-order valence-electron chi connectivity index (χ0n) is 16.8. The second-order valence-electron chi connectivity index (χ2n) is 7.18. The average molecular weight is 398 g/mol. The van der Waals surface area contributed by atoms with Gasteiger partial charge in [-0.2, -0.15) is 0 Å². The second-order valence-corrected chi connectivity index (χ2v) is 7.18. The molecule has 3 heterocycles. The number of anilines is 2. The van der Waals surface area contributed by atoms with Crippen LogP contribution in [0.5, 0.6) is 0 Å². The molecule has 8 nitrogen and oxygen atoms in total. The molecule has 1 saturated heterocycles. The Hall–Kier alpha value is -3.16. The van der Waals surface area contributed by atoms with Gasteiger partial charge in [-0.15, -0.1) is 0 Å². The van der Waals surface area contributed by atoms with Gasteiger partial charge in [0, 0.05) is 31.5 Å². The van der Waals surface area contributed by atoms with Crippen LogP contribution in [0.1, 0.15) is 25.3 Å². The fourth-order valence-corrected chi connectivity index (χ4v) is 3.46. The van der Waals surface area contributed by atoms with Crippen LogP contribution in [-0.4, -0.2) is 41.1 Å². The zero-order chi connectivity index (χ0) is 20.8. The van der Waals surface area contributed by atoms with Gasteiger partial charge >= 0.3 is 5.97 Å². The van der Waals surface area contributed by atoms with Crippen molar-refractivity contribution in [2.24, 2.45) is 5.92 Å². The number of esters is 1. The number of ether oxygens (including phenoxy) is 1. The third-order valence-electron chi connectivity index (χ3n) is 4.87. The number of aryl methyl sites for hydroxylation is 1. The minimum atomic E-state index is -0.493. The van der Waals surface area contributed by atoms with E-state index in [4.69, 9.17) is 4.74 Å². The molecule has 1 N–H and O–H groups in total. The van der Waals surface area contributed by atoms with Gasteiger partial charge in [0.15, 0.2) is 0 Å². The molecule has 1 fully saturated rings. The van der Waals surface area contributed by atoms with Crippen LogP contribution >= 0.6 is 0 Å². The van der Waals surface area contributed by atoms with Gasteiger partial charge in [-0.25, -0.2) is 0 Å². The minimum absolute atomic E-state index is 0.100. The standard InChI is InChI=1S/C21H26N4O4/c1-3-29-20(27)14-25-13-17(6-7-19(25)26)23-21(28)16-5-4-8-24(12-16)18-9-15(2)10-22-11-18/h6-7,9-11,13,16H,3-5,8,12,14H2,1-2H3,(H,23,28). The molecule has 2 aromatic heterocycles. The van der Waals surface area contributed by atoms with Crippen molar-refractivity contribution < 1.29 is 14.3 Å². The van der Waals surface area contributed by atoms with Crippen molar-refractivity contribution in [3.05, 3.63) is 52.7 Å². The number of hydrogen-bond acceptors (Lipinski definition) is 6. The van der Waals surface area contributed by atoms with Crippen LogP contribution in [0.4, 0.5) is 11.4 Å². The van der Waals surface area contributed by atoms with E-state index < -0.39 is 5.97 Å². The van der Waals surface area contributed by atoms with Gasteiger partial charge in [0.1, 0.15) is 6.54 Å². The Morgan fingerprint density at radius 1 is 1.31 bits per heavy atom. The Balaban J connectivity index is 1.66. The Bertz CT molecular complexity index is 940. The molecule has 1 amide bonds. The summed E-state index contributed by atoms with van der Waals surface area (Å²) in [6.45, 7) is 5.26. The number of carbonyl (C=O) groups excluding carboxylic acids is 2. The Labute approximate surface area is 169 Å². The number of hydrogen-bond donors (Lipinski definition) is 1. The number of nitrogens with one attached hydrogen (secondary N) is 1. The van der Waals surface area contributed by atoms with Crippen LogP contribution in [0, 0.1) is 12.8 Å². The van der Waals surface area contributed by atoms with E-state index in [1.807, 2.05) is 19.3 Å². The van der Waals surface area contributed by atoms with Gasteiger partial charge in [-0.05, 0) is 44.4 Å². The summed E-state index contributed by atoms with van der Waals surface area (Å²) < 4.78 is 6.12. The second kappa shape index (κ2) is 9.36. The van der Waals surface area contributed by atoms with Crippen molar-refractivity contribution >= 4 is 23.3 Å². The van der Waals surface area contributed by atoms with E-state index in [-0.39, 0.29) is 30.5 Å². The SMILES string of the molecule is CCOC(=O)Cn1cc(NC(=O)C2CCCN(c3cncc(C)c3)C2)ccc1=O. The molecule has 8 heteroatoms. The lowest BCUT2D eigenvalue weighted by Gasteiger charge is -2.33. The molecule has 0 bridgehead atoms. The Morgan fingerprint density at radius 2 is 2.14 bits per heavy atom. The van der Waals surface area contributed by atoms with Crippen LogP contribution in [0.3, 0.4) is 0 Å². The fraction of sp³-hybridized carbons (Fsp3) is 0.429. The van der Waals surface area contributed by atoms with Gasteiger partial charge in [0.2, 0.25) is 5.91 Å². The summed E-state index contributed by atoms with van der Waals surface area (Å²) in [6, 6.07) is 4.95. The van der Waals surface area contributed by atoms with Crippen molar-refractivity contribution in [3.8, 4) is 0 Å². The first-order valence-corrected chi connectivity index (χ1v) is 9.80. The largest absolute Gasteiger partial charge is 0.465 e. The van der Waals surface area contributed by atoms with Crippen molar-refractivity contribution in [3.63, 3.8) is 0 Å². The number of piperidine rings is 1. The average Bonchev–Trinajstić information content (AvgIpc) is 2.71. The lowest BCUT2D eigenvalue weighted by atomic mass is 9.96. The third kappa shape index (κ3) is 5.43. The maximum atomic E-state index is 12.8. The first-order valence-electron chi connectivity index (χ1n) is 9.80. The molecule has 0 saturated carbocycles. The Morgan fingerprint density at radius 3 is 2.90 bits per heavy atom. The highest BCUT2D eigenvalue weighted by Crippen LogP contribution is 2.24. The summed E-state index contributed by atoms with van der Waals surface area (Å²) in [5, 5.41) is 2.87. The van der Waals surface area contributed by atoms with Crippen molar-refractivity contribution in [2.45, 2.75) is 33.2 Å². The van der Waals surface area contributed by atoms with E-state index in [1.54, 1.807) is 13.0 Å². The number of nitrogens with zero attached hydrogens (tertiary/aromatic N) is 3. The molecule has 1 aliphatic heterocycles. The summed E-state index contributed by atoms with van der Waals surface area (Å²) in [4.78, 5) is 42.8. The van der Waals surface area contributed by atoms with E-state index in [0.29, 0.717) is 12.2 Å². The molecule has 1 aliphatic rings. The van der Waals surface area contributed by atoms with Crippen molar-refractivity contribution in [1.82, 2.24) is 9.55 Å². The maximum absolute atomic E-state index is 12.8. The topological polar surface area (TPSA) is 93.5 Å². The van der Waals surface area contributed by atoms with Gasteiger partial charge in [-0.3, -0.25) is 19.4 Å². The monoisotopic (exact) mass is 398 g/mol. The molecule has 3 rings (SSSR count). The number of amides is 1. The highest BCUT2D eigenvalue weighted by Gasteiger charge is 2.26. The molecule has 1 unspecified atom stereocenters. The lowest BCUT2D eigenvalue weighted by molar-refractivity contribution is -0.143.